The van der Waals surface area contributed by atoms with Crippen molar-refractivity contribution in [3.05, 3.63) is 0 Å². The molecule has 0 amide bonds. The van der Waals surface area contributed by atoms with Crippen molar-refractivity contribution in [3.63, 3.8) is 0 Å². The Morgan fingerprint density at radius 3 is 1.25 bits per heavy atom. The van der Waals surface area contributed by atoms with Gasteiger partial charge in [-0.05, 0) is 0 Å². The molecule has 0 saturated carbocycles. The molecular weight excluding hydrogens is 501 g/mol. The average Bonchev–Trinajstić information content (AvgIpc) is 1.00. The van der Waals surface area contributed by atoms with Crippen LogP contribution in [-0.4, -0.2) is 73.6 Å². The van der Waals surface area contributed by atoms with Crippen LogP contribution in [0.3, 0.4) is 0 Å². The second-order valence-corrected chi connectivity index (χ2v) is 0. The summed E-state index contributed by atoms with van der Waals surface area (Å²) in [6.45, 7) is 0. The zero-order valence-electron chi connectivity index (χ0n) is 2.14. The molecular formula is BaBiLaO. The van der Waals surface area contributed by atoms with Crippen molar-refractivity contribution in [1.29, 1.82) is 0 Å². The van der Waals surface area contributed by atoms with Crippen molar-refractivity contribution in [3.8, 4) is 0 Å². The summed E-state index contributed by atoms with van der Waals surface area (Å²) in [5, 5.41) is 0. The third-order valence-corrected chi connectivity index (χ3v) is 0. The Balaban J connectivity index is -0.00000000500. The Morgan fingerprint density at radius 1 is 1.25 bits per heavy atom. The Bertz CT molecular complexity index is 8.00. The predicted octanol–water partition coefficient (Wildman–Crippen LogP) is -0.880. The van der Waals surface area contributed by atoms with E-state index in [2.05, 4.69) is 0 Å². The summed E-state index contributed by atoms with van der Waals surface area (Å²) in [6.07, 6.45) is 0. The molecule has 0 rings (SSSR count). The first-order chi connectivity index (χ1) is 1.00. The molecule has 0 aliphatic heterocycles. The summed E-state index contributed by atoms with van der Waals surface area (Å²) in [4.78, 5) is 0. The van der Waals surface area contributed by atoms with Crippen molar-refractivity contribution in [1.82, 2.24) is 0 Å². The van der Waals surface area contributed by atoms with E-state index in [-0.39, 0.29) is 109 Å². The van der Waals surface area contributed by atoms with Gasteiger partial charge in [-0.3, -0.25) is 0 Å². The van der Waals surface area contributed by atoms with Gasteiger partial charge in [0.2, 0.25) is 0 Å². The molecule has 0 atom stereocenters. The summed E-state index contributed by atoms with van der Waals surface area (Å²) >= 11 is 0.194. The molecule has 4 heavy (non-hydrogen) atoms. The summed E-state index contributed by atoms with van der Waals surface area (Å²) in [6, 6.07) is 0. The van der Waals surface area contributed by atoms with Crippen LogP contribution < -0.4 is 0 Å². The number of hydrogen-bond acceptors (Lipinski definition) is 1. The third kappa shape index (κ3) is 9.07. The summed E-state index contributed by atoms with van der Waals surface area (Å²) in [5.41, 5.74) is 0. The molecule has 0 N–H and O–H groups in total. The van der Waals surface area contributed by atoms with Gasteiger partial charge in [0.25, 0.3) is 0 Å². The van der Waals surface area contributed by atoms with Crippen LogP contribution in [0.25, 0.3) is 0 Å². The first-order valence-electron chi connectivity index (χ1n) is 0.183. The molecule has 16 valence electrons. The van der Waals surface area contributed by atoms with E-state index in [9.17, 15) is 0 Å². The molecule has 0 fully saturated rings. The molecule has 0 heterocycles. The van der Waals surface area contributed by atoms with Gasteiger partial charge >= 0.3 is 27.5 Å². The molecule has 0 aliphatic rings. The second kappa shape index (κ2) is 16.1. The van der Waals surface area contributed by atoms with E-state index < -0.39 is 0 Å². The van der Waals surface area contributed by atoms with E-state index in [1.54, 1.807) is 0 Å². The average molecular weight is 501 g/mol. The first-order valence-corrected chi connectivity index (χ1v) is 1.60. The van der Waals surface area contributed by atoms with Gasteiger partial charge in [0, 0.05) is 84.5 Å². The van der Waals surface area contributed by atoms with Crippen molar-refractivity contribution in [2.75, 3.05) is 0 Å². The summed E-state index contributed by atoms with van der Waals surface area (Å²) < 4.78 is 8.36. The fourth-order valence-corrected chi connectivity index (χ4v) is 0. The molecule has 4 radical (unpaired) electrons. The molecule has 1 nitrogen and oxygen atoms in total. The van der Waals surface area contributed by atoms with Crippen molar-refractivity contribution in [2.24, 2.45) is 0 Å². The van der Waals surface area contributed by atoms with E-state index in [4.69, 9.17) is 2.81 Å². The molecule has 0 aromatic heterocycles. The fourth-order valence-electron chi connectivity index (χ4n) is 0. The maximum absolute atomic E-state index is 8.36. The minimum absolute atomic E-state index is 0. The van der Waals surface area contributed by atoms with Gasteiger partial charge in [-0.25, -0.2) is 0 Å². The standard InChI is InChI=1S/Ba.Bi.La.O. The van der Waals surface area contributed by atoms with E-state index >= 15 is 0 Å². The minimum atomic E-state index is 0. The zero-order valence-corrected chi connectivity index (χ0v) is 13.7. The monoisotopic (exact) mass is 502 g/mol. The molecule has 0 aromatic rings. The quantitative estimate of drug-likeness (QED) is 0.395. The predicted molar refractivity (Wildman–Crippen MR) is 12.2 cm³/mol. The number of rotatable bonds is 0. The van der Waals surface area contributed by atoms with Gasteiger partial charge in [-0.1, -0.05) is 0 Å². The van der Waals surface area contributed by atoms with Crippen LogP contribution in [0.5, 0.6) is 0 Å². The number of hydrogen-bond donors (Lipinski definition) is 0. The summed E-state index contributed by atoms with van der Waals surface area (Å²) in [7, 11) is 0. The Labute approximate surface area is 109 Å². The van der Waals surface area contributed by atoms with E-state index in [1.807, 2.05) is 0 Å². The third-order valence-electron chi connectivity index (χ3n) is 0. The Hall–Kier alpha value is 3.45. The van der Waals surface area contributed by atoms with Crippen LogP contribution in [0.15, 0.2) is 0 Å². The molecule has 0 bridgehead atoms. The van der Waals surface area contributed by atoms with Gasteiger partial charge in [0.15, 0.2) is 0 Å². The molecule has 0 aliphatic carbocycles. The van der Waals surface area contributed by atoms with Gasteiger partial charge in [0.1, 0.15) is 0 Å². The topological polar surface area (TPSA) is 17.1 Å². The van der Waals surface area contributed by atoms with E-state index in [0.717, 1.165) is 0 Å². The van der Waals surface area contributed by atoms with Crippen LogP contribution in [-0.2, 0) is 2.81 Å². The van der Waals surface area contributed by atoms with Crippen LogP contribution in [0.4, 0.5) is 0 Å². The van der Waals surface area contributed by atoms with Crippen molar-refractivity contribution in [2.45, 2.75) is 0 Å². The van der Waals surface area contributed by atoms with Gasteiger partial charge in [-0.2, -0.15) is 0 Å². The van der Waals surface area contributed by atoms with Gasteiger partial charge in [0.05, 0.1) is 0 Å². The second-order valence-electron chi connectivity index (χ2n) is 0. The maximum atomic E-state index is 8.36. The molecule has 0 saturated heterocycles. The van der Waals surface area contributed by atoms with Crippen LogP contribution in [0.2, 0.25) is 0 Å². The van der Waals surface area contributed by atoms with E-state index in [0.29, 0.717) is 0 Å². The molecule has 0 unspecified atom stereocenters. The first kappa shape index (κ1) is 15.7. The molecule has 0 aromatic carbocycles. The van der Waals surface area contributed by atoms with Crippen molar-refractivity contribution < 1.29 is 38.4 Å². The van der Waals surface area contributed by atoms with Crippen LogP contribution in [0.1, 0.15) is 0 Å². The summed E-state index contributed by atoms with van der Waals surface area (Å²) in [5.74, 6) is 0. The fraction of sp³-hybridized carbons (Fsp3) is 0. The molecule has 0 spiro atoms. The van der Waals surface area contributed by atoms with Crippen LogP contribution in [0, 0.1) is 35.6 Å². The van der Waals surface area contributed by atoms with Crippen molar-refractivity contribution >= 4 is 73.6 Å². The Morgan fingerprint density at radius 2 is 1.25 bits per heavy atom. The Kier molecular flexibility index (Phi) is 63.0. The van der Waals surface area contributed by atoms with E-state index in [1.165, 1.54) is 0 Å². The zero-order chi connectivity index (χ0) is 2.00. The van der Waals surface area contributed by atoms with Gasteiger partial charge < -0.3 is 0 Å². The SMILES string of the molecule is [Ba].[La].[O]=[Bi]. The molecule has 4 heteroatoms. The van der Waals surface area contributed by atoms with Crippen LogP contribution >= 0.6 is 0 Å². The van der Waals surface area contributed by atoms with Gasteiger partial charge in [-0.15, -0.1) is 0 Å². The normalized spacial score (nSPS) is 1.00.